The topological polar surface area (TPSA) is 142 Å². The van der Waals surface area contributed by atoms with Gasteiger partial charge in [-0.1, -0.05) is 39.9 Å². The molecule has 0 saturated carbocycles. The number of nitrogens with two attached hydrogens (primary N) is 1. The first-order valence-corrected chi connectivity index (χ1v) is 7.46. The molecule has 23 heavy (non-hydrogen) atoms. The van der Waals surface area contributed by atoms with Gasteiger partial charge in [0.1, 0.15) is 5.60 Å². The Morgan fingerprint density at radius 1 is 1.35 bits per heavy atom. The van der Waals surface area contributed by atoms with Crippen LogP contribution in [0.3, 0.4) is 0 Å². The van der Waals surface area contributed by atoms with E-state index in [4.69, 9.17) is 55.0 Å². The number of azide groups is 1. The maximum atomic E-state index is 11.9. The van der Waals surface area contributed by atoms with Crippen molar-refractivity contribution in [3.63, 3.8) is 0 Å². The van der Waals surface area contributed by atoms with Crippen LogP contribution in [0.2, 0.25) is 0 Å². The molecule has 0 aliphatic rings. The molecule has 0 aromatic carbocycles. The summed E-state index contributed by atoms with van der Waals surface area (Å²) in [5, 5.41) is 10.6. The van der Waals surface area contributed by atoms with Gasteiger partial charge < -0.3 is 20.5 Å². The monoisotopic (exact) mass is 391 g/mol. The highest BCUT2D eigenvalue weighted by Gasteiger charge is 2.29. The molecule has 0 aliphatic heterocycles. The standard InChI is InChI=1S/C10H17Cl3N4O2.CH3NO2/c1-9(2,3)19-8(18)17(7-10(11,12)13)6-4-5-15-16-14;2-1(3)4/h4-7H2,1-3H3;2H2,(H,3,4). The van der Waals surface area contributed by atoms with Crippen molar-refractivity contribution in [1.29, 1.82) is 0 Å². The van der Waals surface area contributed by atoms with E-state index in [-0.39, 0.29) is 19.6 Å². The van der Waals surface area contributed by atoms with Crippen molar-refractivity contribution in [2.45, 2.75) is 36.6 Å². The Kier molecular flexibility index (Phi) is 11.8. The quantitative estimate of drug-likeness (QED) is 0.240. The Balaban J connectivity index is 0. The molecule has 0 unspecified atom stereocenters. The highest BCUT2D eigenvalue weighted by molar-refractivity contribution is 6.67. The molecule has 0 aromatic heterocycles. The van der Waals surface area contributed by atoms with E-state index < -0.39 is 21.6 Å². The zero-order valence-corrected chi connectivity index (χ0v) is 15.3. The van der Waals surface area contributed by atoms with Crippen LogP contribution in [0.4, 0.5) is 9.59 Å². The molecule has 134 valence electrons. The van der Waals surface area contributed by atoms with Crippen molar-refractivity contribution in [2.75, 3.05) is 19.6 Å². The summed E-state index contributed by atoms with van der Waals surface area (Å²) in [5.41, 5.74) is 11.6. The first kappa shape index (κ1) is 24.0. The fourth-order valence-corrected chi connectivity index (χ4v) is 1.59. The van der Waals surface area contributed by atoms with E-state index in [1.165, 1.54) is 4.90 Å². The minimum absolute atomic E-state index is 0.0944. The highest BCUT2D eigenvalue weighted by Crippen LogP contribution is 2.27. The number of ether oxygens (including phenoxy) is 1. The van der Waals surface area contributed by atoms with E-state index in [1.807, 2.05) is 0 Å². The Hall–Kier alpha value is -1.28. The van der Waals surface area contributed by atoms with Gasteiger partial charge in [-0.05, 0) is 32.7 Å². The van der Waals surface area contributed by atoms with Crippen LogP contribution in [0.1, 0.15) is 27.2 Å². The number of amides is 2. The van der Waals surface area contributed by atoms with E-state index in [0.717, 1.165) is 0 Å². The smallest absolute Gasteiger partial charge is 0.410 e. The largest absolute Gasteiger partial charge is 0.465 e. The van der Waals surface area contributed by atoms with Crippen LogP contribution in [0.15, 0.2) is 5.11 Å². The van der Waals surface area contributed by atoms with E-state index in [9.17, 15) is 4.79 Å². The molecule has 9 nitrogen and oxygen atoms in total. The number of primary amides is 1. The van der Waals surface area contributed by atoms with Crippen molar-refractivity contribution >= 4 is 47.0 Å². The van der Waals surface area contributed by atoms with E-state index in [2.05, 4.69) is 15.8 Å². The second kappa shape index (κ2) is 11.3. The molecular formula is C11H20Cl3N5O4. The Labute approximate surface area is 149 Å². The van der Waals surface area contributed by atoms with Gasteiger partial charge in [0.2, 0.25) is 3.79 Å². The highest BCUT2D eigenvalue weighted by atomic mass is 35.6. The van der Waals surface area contributed by atoms with Crippen LogP contribution in [0.5, 0.6) is 0 Å². The Bertz CT molecular complexity index is 426. The normalized spacial score (nSPS) is 10.7. The van der Waals surface area contributed by atoms with Crippen LogP contribution in [0.25, 0.3) is 10.4 Å². The molecule has 0 heterocycles. The first-order valence-electron chi connectivity index (χ1n) is 6.32. The molecule has 12 heteroatoms. The Morgan fingerprint density at radius 3 is 2.17 bits per heavy atom. The van der Waals surface area contributed by atoms with Gasteiger partial charge in [0.25, 0.3) is 0 Å². The predicted molar refractivity (Wildman–Crippen MR) is 88.9 cm³/mol. The van der Waals surface area contributed by atoms with Gasteiger partial charge in [-0.25, -0.2) is 9.59 Å². The van der Waals surface area contributed by atoms with Gasteiger partial charge in [0.05, 0.1) is 6.54 Å². The van der Waals surface area contributed by atoms with Gasteiger partial charge in [0.15, 0.2) is 0 Å². The second-order valence-electron chi connectivity index (χ2n) is 5.16. The number of hydrogen-bond acceptors (Lipinski definition) is 4. The summed E-state index contributed by atoms with van der Waals surface area (Å²) in [6.45, 7) is 5.69. The number of carbonyl (C=O) groups is 2. The average Bonchev–Trinajstić information content (AvgIpc) is 2.28. The lowest BCUT2D eigenvalue weighted by Crippen LogP contribution is -2.41. The molecule has 0 aromatic rings. The minimum Gasteiger partial charge on any atom is -0.465 e. The van der Waals surface area contributed by atoms with Gasteiger partial charge in [-0.2, -0.15) is 0 Å². The van der Waals surface area contributed by atoms with E-state index >= 15 is 0 Å². The van der Waals surface area contributed by atoms with Crippen LogP contribution < -0.4 is 5.73 Å². The first-order chi connectivity index (χ1) is 10.3. The zero-order valence-electron chi connectivity index (χ0n) is 13.0. The third-order valence-electron chi connectivity index (χ3n) is 1.77. The number of halogens is 3. The summed E-state index contributed by atoms with van der Waals surface area (Å²) >= 11 is 17.0. The van der Waals surface area contributed by atoms with E-state index in [0.29, 0.717) is 6.42 Å². The van der Waals surface area contributed by atoms with Crippen molar-refractivity contribution in [2.24, 2.45) is 10.8 Å². The SMILES string of the molecule is CC(C)(C)OC(=O)N(CCCN=[N+]=[N-])CC(Cl)(Cl)Cl.NC(=O)O. The molecule has 0 radical (unpaired) electrons. The third kappa shape index (κ3) is 20.7. The van der Waals surface area contributed by atoms with Crippen LogP contribution >= 0.6 is 34.8 Å². The zero-order chi connectivity index (χ0) is 18.7. The van der Waals surface area contributed by atoms with Gasteiger partial charge in [-0.3, -0.25) is 0 Å². The maximum absolute atomic E-state index is 11.9. The molecule has 0 aliphatic carbocycles. The van der Waals surface area contributed by atoms with Gasteiger partial charge in [0, 0.05) is 18.0 Å². The summed E-state index contributed by atoms with van der Waals surface area (Å²) in [6, 6.07) is 0. The number of carbonyl (C=O) groups excluding carboxylic acids is 1. The number of alkyl halides is 3. The van der Waals surface area contributed by atoms with Crippen molar-refractivity contribution in [3.05, 3.63) is 10.4 Å². The number of carboxylic acid groups (broad SMARTS) is 1. The molecular weight excluding hydrogens is 373 g/mol. The lowest BCUT2D eigenvalue weighted by atomic mass is 10.2. The molecule has 3 N–H and O–H groups in total. The summed E-state index contributed by atoms with van der Waals surface area (Å²) in [7, 11) is 0. The summed E-state index contributed by atoms with van der Waals surface area (Å²) in [6.07, 6.45) is -1.44. The third-order valence-corrected chi connectivity index (χ3v) is 2.13. The molecule has 0 bridgehead atoms. The predicted octanol–water partition coefficient (Wildman–Crippen LogP) is 3.92. The number of rotatable bonds is 5. The van der Waals surface area contributed by atoms with Crippen molar-refractivity contribution < 1.29 is 19.4 Å². The molecule has 0 fully saturated rings. The molecule has 0 atom stereocenters. The number of nitrogens with zero attached hydrogens (tertiary/aromatic N) is 4. The number of hydrogen-bond donors (Lipinski definition) is 2. The summed E-state index contributed by atoms with van der Waals surface area (Å²) in [5.74, 6) is 0. The summed E-state index contributed by atoms with van der Waals surface area (Å²) in [4.78, 5) is 24.6. The Morgan fingerprint density at radius 2 is 1.83 bits per heavy atom. The maximum Gasteiger partial charge on any atom is 0.410 e. The lowest BCUT2D eigenvalue weighted by Gasteiger charge is -2.29. The molecule has 0 spiro atoms. The minimum atomic E-state index is -1.59. The van der Waals surface area contributed by atoms with Crippen LogP contribution in [-0.4, -0.2) is 51.2 Å². The fourth-order valence-electron chi connectivity index (χ4n) is 1.15. The lowest BCUT2D eigenvalue weighted by molar-refractivity contribution is 0.0252. The van der Waals surface area contributed by atoms with Crippen molar-refractivity contribution in [3.8, 4) is 0 Å². The fraction of sp³-hybridized carbons (Fsp3) is 0.818. The van der Waals surface area contributed by atoms with Gasteiger partial charge >= 0.3 is 12.2 Å². The van der Waals surface area contributed by atoms with Crippen LogP contribution in [-0.2, 0) is 4.74 Å². The average molecular weight is 393 g/mol. The molecule has 0 saturated heterocycles. The van der Waals surface area contributed by atoms with Crippen LogP contribution in [0, 0.1) is 0 Å². The second-order valence-corrected chi connectivity index (χ2v) is 7.68. The summed E-state index contributed by atoms with van der Waals surface area (Å²) < 4.78 is 3.62. The molecule has 0 rings (SSSR count). The molecule has 2 amide bonds. The van der Waals surface area contributed by atoms with Gasteiger partial charge in [-0.15, -0.1) is 0 Å². The van der Waals surface area contributed by atoms with Crippen molar-refractivity contribution in [1.82, 2.24) is 4.90 Å². The van der Waals surface area contributed by atoms with E-state index in [1.54, 1.807) is 20.8 Å².